The molecule has 0 saturated carbocycles. The van der Waals surface area contributed by atoms with E-state index in [1.165, 1.54) is 6.08 Å². The third kappa shape index (κ3) is 5.05. The number of aliphatic hydroxyl groups is 1. The molecule has 1 aliphatic rings. The maximum absolute atomic E-state index is 12.9. The first-order valence-corrected chi connectivity index (χ1v) is 10.1. The summed E-state index contributed by atoms with van der Waals surface area (Å²) in [7, 11) is 1.63. The van der Waals surface area contributed by atoms with Crippen molar-refractivity contribution in [1.82, 2.24) is 15.2 Å². The fraction of sp³-hybridized carbons (Fsp3) is 0.500. The van der Waals surface area contributed by atoms with Gasteiger partial charge >= 0.3 is 6.18 Å². The van der Waals surface area contributed by atoms with Crippen molar-refractivity contribution in [1.29, 1.82) is 0 Å². The number of nitrogens with zero attached hydrogens (tertiary/aromatic N) is 1. The Balaban J connectivity index is 1.76. The van der Waals surface area contributed by atoms with Crippen LogP contribution in [0.2, 0.25) is 0 Å². The lowest BCUT2D eigenvalue weighted by Gasteiger charge is -2.24. The van der Waals surface area contributed by atoms with Crippen LogP contribution < -0.4 is 5.32 Å². The Morgan fingerprint density at radius 1 is 1.40 bits per heavy atom. The average Bonchev–Trinajstić information content (AvgIpc) is 3.30. The van der Waals surface area contributed by atoms with Crippen LogP contribution >= 0.6 is 0 Å². The maximum atomic E-state index is 12.9. The smallest absolute Gasteiger partial charge is 0.377 e. The normalized spacial score (nSPS) is 20.1. The highest BCUT2D eigenvalue weighted by atomic mass is 19.4. The molecular weight excluding hydrogens is 395 g/mol. The largest absolute Gasteiger partial charge is 0.420 e. The number of hydrogen-bond donors (Lipinski definition) is 3. The zero-order chi connectivity index (χ0) is 21.9. The molecule has 8 heteroatoms. The highest BCUT2D eigenvalue weighted by Gasteiger charge is 2.47. The van der Waals surface area contributed by atoms with Crippen molar-refractivity contribution in [3.8, 4) is 0 Å². The number of halogens is 3. The Kier molecular flexibility index (Phi) is 6.57. The van der Waals surface area contributed by atoms with Gasteiger partial charge in [-0.2, -0.15) is 13.2 Å². The van der Waals surface area contributed by atoms with Crippen LogP contribution in [-0.2, 0) is 11.2 Å². The van der Waals surface area contributed by atoms with Crippen molar-refractivity contribution in [3.63, 3.8) is 0 Å². The van der Waals surface area contributed by atoms with Crippen LogP contribution in [0.3, 0.4) is 0 Å². The first-order valence-electron chi connectivity index (χ1n) is 10.1. The minimum atomic E-state index is -4.73. The summed E-state index contributed by atoms with van der Waals surface area (Å²) in [5.41, 5.74) is -0.270. The van der Waals surface area contributed by atoms with Crippen molar-refractivity contribution in [2.75, 3.05) is 20.1 Å². The van der Waals surface area contributed by atoms with Gasteiger partial charge in [0, 0.05) is 43.2 Å². The highest BCUT2D eigenvalue weighted by Crippen LogP contribution is 2.32. The second-order valence-electron chi connectivity index (χ2n) is 8.06. The molecule has 3 rings (SSSR count). The molecule has 2 atom stereocenters. The minimum Gasteiger partial charge on any atom is -0.377 e. The van der Waals surface area contributed by atoms with Crippen LogP contribution in [0.15, 0.2) is 30.5 Å². The van der Waals surface area contributed by atoms with Gasteiger partial charge in [-0.05, 0) is 62.1 Å². The number of H-pyrrole nitrogens is 1. The molecule has 1 unspecified atom stereocenters. The molecule has 0 radical (unpaired) electrons. The lowest BCUT2D eigenvalue weighted by atomic mass is 10.0. The molecule has 1 fully saturated rings. The van der Waals surface area contributed by atoms with E-state index in [0.717, 1.165) is 55.3 Å². The van der Waals surface area contributed by atoms with Crippen LogP contribution in [0.5, 0.6) is 0 Å². The number of aromatic nitrogens is 1. The van der Waals surface area contributed by atoms with Gasteiger partial charge in [0.2, 0.25) is 5.91 Å². The van der Waals surface area contributed by atoms with Crippen LogP contribution in [0.25, 0.3) is 17.0 Å². The van der Waals surface area contributed by atoms with Crippen molar-refractivity contribution in [2.45, 2.75) is 50.4 Å². The van der Waals surface area contributed by atoms with Crippen molar-refractivity contribution in [3.05, 3.63) is 41.6 Å². The molecule has 30 heavy (non-hydrogen) atoms. The average molecular weight is 423 g/mol. The van der Waals surface area contributed by atoms with Gasteiger partial charge in [0.25, 0.3) is 0 Å². The Labute approximate surface area is 173 Å². The number of nitrogens with one attached hydrogen (secondary N) is 2. The molecule has 5 nitrogen and oxygen atoms in total. The summed E-state index contributed by atoms with van der Waals surface area (Å²) < 4.78 is 38.6. The number of alkyl halides is 3. The van der Waals surface area contributed by atoms with E-state index < -0.39 is 11.8 Å². The molecule has 164 valence electrons. The number of rotatable bonds is 7. The first-order chi connectivity index (χ1) is 14.1. The molecule has 1 aromatic carbocycles. The predicted octanol–water partition coefficient (Wildman–Crippen LogP) is 3.64. The second-order valence-corrected chi connectivity index (χ2v) is 8.06. The van der Waals surface area contributed by atoms with E-state index in [-0.39, 0.29) is 5.91 Å². The fourth-order valence-corrected chi connectivity index (χ4v) is 3.87. The summed E-state index contributed by atoms with van der Waals surface area (Å²) in [5.74, 6) is 0.0268. The van der Waals surface area contributed by atoms with E-state index in [1.807, 2.05) is 18.3 Å². The molecule has 3 N–H and O–H groups in total. The standard InChI is InChI=1S/C22H28F3N3O2/c1-21(30,22(23,24)25)9-7-15-5-6-19-18(12-15)16(14-27-19)13-17-4-3-10-28(17)11-8-20(29)26-2/h5-7,9,12,14,17,27,30H,3-4,8,10-11,13H2,1-2H3,(H,26,29)/t17-,21?/m1/s1. The first kappa shape index (κ1) is 22.4. The SMILES string of the molecule is CNC(=O)CCN1CCC[C@@H]1Cc1c[nH]c2ccc(C=CC(C)(O)C(F)(F)F)cc12. The van der Waals surface area contributed by atoms with E-state index in [0.29, 0.717) is 24.6 Å². The number of fused-ring (bicyclic) bond motifs is 1. The summed E-state index contributed by atoms with van der Waals surface area (Å²) in [5, 5.41) is 13.2. The number of aromatic amines is 1. The topological polar surface area (TPSA) is 68.4 Å². The lowest BCUT2D eigenvalue weighted by molar-refractivity contribution is -0.232. The summed E-state index contributed by atoms with van der Waals surface area (Å²) >= 11 is 0. The number of amides is 1. The van der Waals surface area contributed by atoms with Gasteiger partial charge in [-0.3, -0.25) is 9.69 Å². The van der Waals surface area contributed by atoms with Gasteiger partial charge < -0.3 is 15.4 Å². The Bertz CT molecular complexity index is 918. The summed E-state index contributed by atoms with van der Waals surface area (Å²) in [6.45, 7) is 2.41. The van der Waals surface area contributed by atoms with Crippen molar-refractivity contribution < 1.29 is 23.1 Å². The van der Waals surface area contributed by atoms with E-state index in [2.05, 4.69) is 15.2 Å². The van der Waals surface area contributed by atoms with Crippen LogP contribution in [-0.4, -0.2) is 58.9 Å². The third-order valence-corrected chi connectivity index (χ3v) is 5.83. The van der Waals surface area contributed by atoms with Crippen molar-refractivity contribution in [2.24, 2.45) is 0 Å². The molecule has 2 aromatic rings. The van der Waals surface area contributed by atoms with E-state index >= 15 is 0 Å². The van der Waals surface area contributed by atoms with Crippen LogP contribution in [0.1, 0.15) is 37.3 Å². The van der Waals surface area contributed by atoms with Gasteiger partial charge in [-0.25, -0.2) is 0 Å². The van der Waals surface area contributed by atoms with Gasteiger partial charge in [0.05, 0.1) is 0 Å². The molecule has 0 bridgehead atoms. The number of hydrogen-bond acceptors (Lipinski definition) is 3. The van der Waals surface area contributed by atoms with Gasteiger partial charge in [0.15, 0.2) is 5.60 Å². The number of likely N-dealkylation sites (tertiary alicyclic amines) is 1. The van der Waals surface area contributed by atoms with Crippen molar-refractivity contribution >= 4 is 22.9 Å². The lowest BCUT2D eigenvalue weighted by Crippen LogP contribution is -2.39. The Morgan fingerprint density at radius 2 is 2.17 bits per heavy atom. The van der Waals surface area contributed by atoms with Gasteiger partial charge in [0.1, 0.15) is 0 Å². The molecule has 1 saturated heterocycles. The van der Waals surface area contributed by atoms with Gasteiger partial charge in [-0.15, -0.1) is 0 Å². The monoisotopic (exact) mass is 423 g/mol. The molecule has 0 spiro atoms. The molecule has 1 aliphatic heterocycles. The maximum Gasteiger partial charge on any atom is 0.420 e. The minimum absolute atomic E-state index is 0.0268. The summed E-state index contributed by atoms with van der Waals surface area (Å²) in [6.07, 6.45) is 2.70. The predicted molar refractivity (Wildman–Crippen MR) is 111 cm³/mol. The Hall–Kier alpha value is -2.32. The molecular formula is C22H28F3N3O2. The summed E-state index contributed by atoms with van der Waals surface area (Å²) in [4.78, 5) is 17.1. The molecule has 2 heterocycles. The zero-order valence-electron chi connectivity index (χ0n) is 17.2. The number of benzene rings is 1. The second kappa shape index (κ2) is 8.81. The van der Waals surface area contributed by atoms with E-state index in [4.69, 9.17) is 0 Å². The molecule has 1 amide bonds. The van der Waals surface area contributed by atoms with Gasteiger partial charge in [-0.1, -0.05) is 12.1 Å². The number of carbonyl (C=O) groups excluding carboxylic acids is 1. The Morgan fingerprint density at radius 3 is 2.87 bits per heavy atom. The fourth-order valence-electron chi connectivity index (χ4n) is 3.87. The van der Waals surface area contributed by atoms with E-state index in [1.54, 1.807) is 13.1 Å². The molecule has 1 aromatic heterocycles. The number of carbonyl (C=O) groups is 1. The zero-order valence-corrected chi connectivity index (χ0v) is 17.2. The van der Waals surface area contributed by atoms with E-state index in [9.17, 15) is 23.1 Å². The highest BCUT2D eigenvalue weighted by molar-refractivity contribution is 5.85. The summed E-state index contributed by atoms with van der Waals surface area (Å²) in [6, 6.07) is 5.72. The quantitative estimate of drug-likeness (QED) is 0.637. The molecule has 0 aliphatic carbocycles. The van der Waals surface area contributed by atoms with Crippen LogP contribution in [0.4, 0.5) is 13.2 Å². The third-order valence-electron chi connectivity index (χ3n) is 5.83. The van der Waals surface area contributed by atoms with Crippen LogP contribution in [0, 0.1) is 0 Å².